The quantitative estimate of drug-likeness (QED) is 0.727. The second-order valence-electron chi connectivity index (χ2n) is 2.86. The van der Waals surface area contributed by atoms with Gasteiger partial charge in [0.05, 0.1) is 7.11 Å². The maximum atomic E-state index is 11.0. The zero-order valence-electron chi connectivity index (χ0n) is 7.99. The van der Waals surface area contributed by atoms with Gasteiger partial charge in [-0.3, -0.25) is 4.79 Å². The first-order valence-corrected chi connectivity index (χ1v) is 4.26. The van der Waals surface area contributed by atoms with Crippen LogP contribution in [0.25, 0.3) is 0 Å². The maximum absolute atomic E-state index is 11.0. The molecule has 0 aromatic heterocycles. The van der Waals surface area contributed by atoms with E-state index in [-0.39, 0.29) is 6.61 Å². The van der Waals surface area contributed by atoms with Gasteiger partial charge in [-0.25, -0.2) is 0 Å². The van der Waals surface area contributed by atoms with Crippen molar-refractivity contribution in [2.24, 2.45) is 5.73 Å². The normalized spacial score (nSPS) is 9.86. The van der Waals surface area contributed by atoms with E-state index in [9.17, 15) is 4.79 Å². The molecule has 0 saturated carbocycles. The summed E-state index contributed by atoms with van der Waals surface area (Å²) in [7, 11) is 1.54. The molecule has 1 amide bonds. The number of carbonyl (C=O) groups is 1. The molecule has 0 spiro atoms. The standard InChI is InChI=1S/C10H13NO3/c1-14-8-2-3-9(10(11)13)7(6-8)4-5-12/h2-3,6,12H,4-5H2,1H3,(H2,11,13). The second kappa shape index (κ2) is 4.62. The van der Waals surface area contributed by atoms with E-state index in [1.165, 1.54) is 0 Å². The van der Waals surface area contributed by atoms with Crippen molar-refractivity contribution in [3.63, 3.8) is 0 Å². The lowest BCUT2D eigenvalue weighted by atomic mass is 10.0. The molecule has 4 heteroatoms. The minimum Gasteiger partial charge on any atom is -0.497 e. The van der Waals surface area contributed by atoms with Gasteiger partial charge in [-0.05, 0) is 30.2 Å². The van der Waals surface area contributed by atoms with Crippen LogP contribution in [0.15, 0.2) is 18.2 Å². The van der Waals surface area contributed by atoms with E-state index in [0.717, 1.165) is 0 Å². The molecule has 0 fully saturated rings. The molecule has 0 aliphatic rings. The van der Waals surface area contributed by atoms with Crippen molar-refractivity contribution in [1.29, 1.82) is 0 Å². The number of aliphatic hydroxyl groups is 1. The average molecular weight is 195 g/mol. The summed E-state index contributed by atoms with van der Waals surface area (Å²) >= 11 is 0. The van der Waals surface area contributed by atoms with E-state index in [0.29, 0.717) is 23.3 Å². The third kappa shape index (κ3) is 2.23. The molecule has 0 aliphatic carbocycles. The van der Waals surface area contributed by atoms with Gasteiger partial charge in [-0.1, -0.05) is 0 Å². The highest BCUT2D eigenvalue weighted by Crippen LogP contribution is 2.17. The highest BCUT2D eigenvalue weighted by molar-refractivity contribution is 5.94. The van der Waals surface area contributed by atoms with E-state index in [4.69, 9.17) is 15.6 Å². The lowest BCUT2D eigenvalue weighted by molar-refractivity contribution is 0.0999. The molecular weight excluding hydrogens is 182 g/mol. The molecule has 1 aromatic carbocycles. The van der Waals surface area contributed by atoms with Crippen LogP contribution in [0.5, 0.6) is 5.75 Å². The Morgan fingerprint density at radius 1 is 1.57 bits per heavy atom. The topological polar surface area (TPSA) is 72.5 Å². The Bertz CT molecular complexity index is 336. The van der Waals surface area contributed by atoms with E-state index in [1.807, 2.05) is 0 Å². The first-order chi connectivity index (χ1) is 6.69. The van der Waals surface area contributed by atoms with Gasteiger partial charge in [-0.15, -0.1) is 0 Å². The highest BCUT2D eigenvalue weighted by Gasteiger charge is 2.08. The van der Waals surface area contributed by atoms with Crippen LogP contribution in [0.2, 0.25) is 0 Å². The van der Waals surface area contributed by atoms with Gasteiger partial charge in [0.15, 0.2) is 0 Å². The minimum atomic E-state index is -0.490. The molecule has 1 rings (SSSR count). The monoisotopic (exact) mass is 195 g/mol. The number of aliphatic hydroxyl groups excluding tert-OH is 1. The summed E-state index contributed by atoms with van der Waals surface area (Å²) in [6.45, 7) is -0.0204. The molecule has 1 aromatic rings. The van der Waals surface area contributed by atoms with Gasteiger partial charge in [0.25, 0.3) is 0 Å². The van der Waals surface area contributed by atoms with Crippen molar-refractivity contribution in [2.75, 3.05) is 13.7 Å². The second-order valence-corrected chi connectivity index (χ2v) is 2.86. The largest absolute Gasteiger partial charge is 0.497 e. The lowest BCUT2D eigenvalue weighted by Crippen LogP contribution is -2.14. The van der Waals surface area contributed by atoms with Gasteiger partial charge < -0.3 is 15.6 Å². The first kappa shape index (κ1) is 10.5. The number of hydrogen-bond donors (Lipinski definition) is 2. The molecule has 0 heterocycles. The molecular formula is C10H13NO3. The van der Waals surface area contributed by atoms with E-state index < -0.39 is 5.91 Å². The van der Waals surface area contributed by atoms with Crippen molar-refractivity contribution < 1.29 is 14.6 Å². The van der Waals surface area contributed by atoms with Crippen molar-refractivity contribution in [3.05, 3.63) is 29.3 Å². The summed E-state index contributed by atoms with van der Waals surface area (Å²) in [6.07, 6.45) is 0.398. The first-order valence-electron chi connectivity index (χ1n) is 4.26. The van der Waals surface area contributed by atoms with Crippen LogP contribution in [0.3, 0.4) is 0 Å². The fraction of sp³-hybridized carbons (Fsp3) is 0.300. The Morgan fingerprint density at radius 2 is 2.29 bits per heavy atom. The molecule has 0 radical (unpaired) electrons. The highest BCUT2D eigenvalue weighted by atomic mass is 16.5. The van der Waals surface area contributed by atoms with Crippen LogP contribution in [-0.4, -0.2) is 24.7 Å². The van der Waals surface area contributed by atoms with E-state index >= 15 is 0 Å². The zero-order chi connectivity index (χ0) is 10.6. The third-order valence-electron chi connectivity index (χ3n) is 1.96. The summed E-state index contributed by atoms with van der Waals surface area (Å²) < 4.78 is 5.00. The number of primary amides is 1. The Morgan fingerprint density at radius 3 is 2.79 bits per heavy atom. The van der Waals surface area contributed by atoms with E-state index in [1.54, 1.807) is 25.3 Å². The predicted molar refractivity (Wildman–Crippen MR) is 52.3 cm³/mol. The van der Waals surface area contributed by atoms with Gasteiger partial charge in [-0.2, -0.15) is 0 Å². The van der Waals surface area contributed by atoms with Crippen molar-refractivity contribution >= 4 is 5.91 Å². The van der Waals surface area contributed by atoms with Crippen molar-refractivity contribution in [2.45, 2.75) is 6.42 Å². The number of ether oxygens (including phenoxy) is 1. The average Bonchev–Trinajstić information content (AvgIpc) is 2.17. The van der Waals surface area contributed by atoms with Gasteiger partial charge >= 0.3 is 0 Å². The molecule has 0 saturated heterocycles. The molecule has 0 atom stereocenters. The molecule has 14 heavy (non-hydrogen) atoms. The Hall–Kier alpha value is -1.55. The number of rotatable bonds is 4. The summed E-state index contributed by atoms with van der Waals surface area (Å²) in [4.78, 5) is 11.0. The van der Waals surface area contributed by atoms with Gasteiger partial charge in [0, 0.05) is 12.2 Å². The third-order valence-corrected chi connectivity index (χ3v) is 1.96. The summed E-state index contributed by atoms with van der Waals surface area (Å²) in [5.41, 5.74) is 6.31. The molecule has 0 aliphatic heterocycles. The Labute approximate surface area is 82.3 Å². The van der Waals surface area contributed by atoms with Gasteiger partial charge in [0.1, 0.15) is 5.75 Å². The van der Waals surface area contributed by atoms with Crippen LogP contribution in [0, 0.1) is 0 Å². The Kier molecular flexibility index (Phi) is 3.48. The number of amides is 1. The van der Waals surface area contributed by atoms with Crippen molar-refractivity contribution in [3.8, 4) is 5.75 Å². The fourth-order valence-electron chi connectivity index (χ4n) is 1.26. The zero-order valence-corrected chi connectivity index (χ0v) is 7.99. The lowest BCUT2D eigenvalue weighted by Gasteiger charge is -2.07. The molecule has 76 valence electrons. The minimum absolute atomic E-state index is 0.0204. The maximum Gasteiger partial charge on any atom is 0.248 e. The van der Waals surface area contributed by atoms with Crippen LogP contribution in [-0.2, 0) is 6.42 Å². The van der Waals surface area contributed by atoms with Crippen LogP contribution < -0.4 is 10.5 Å². The Balaban J connectivity index is 3.10. The SMILES string of the molecule is COc1ccc(C(N)=O)c(CCO)c1. The van der Waals surface area contributed by atoms with Crippen LogP contribution in [0.1, 0.15) is 15.9 Å². The van der Waals surface area contributed by atoms with Gasteiger partial charge in [0.2, 0.25) is 5.91 Å². The number of hydrogen-bond acceptors (Lipinski definition) is 3. The van der Waals surface area contributed by atoms with Crippen LogP contribution in [0.4, 0.5) is 0 Å². The summed E-state index contributed by atoms with van der Waals surface area (Å²) in [5.74, 6) is 0.162. The summed E-state index contributed by atoms with van der Waals surface area (Å²) in [6, 6.07) is 4.98. The number of carbonyl (C=O) groups excluding carboxylic acids is 1. The smallest absolute Gasteiger partial charge is 0.248 e. The molecule has 4 nitrogen and oxygen atoms in total. The molecule has 0 bridgehead atoms. The van der Waals surface area contributed by atoms with Crippen molar-refractivity contribution in [1.82, 2.24) is 0 Å². The number of nitrogens with two attached hydrogens (primary N) is 1. The van der Waals surface area contributed by atoms with E-state index in [2.05, 4.69) is 0 Å². The number of benzene rings is 1. The molecule has 3 N–H and O–H groups in total. The number of methoxy groups -OCH3 is 1. The van der Waals surface area contributed by atoms with Crippen LogP contribution >= 0.6 is 0 Å². The predicted octanol–water partition coefficient (Wildman–Crippen LogP) is 0.329. The fourth-order valence-corrected chi connectivity index (χ4v) is 1.26. The summed E-state index contributed by atoms with van der Waals surface area (Å²) in [5, 5.41) is 8.80. The molecule has 0 unspecified atom stereocenters.